The predicted octanol–water partition coefficient (Wildman–Crippen LogP) is 5.19. The number of aromatic nitrogens is 4. The highest BCUT2D eigenvalue weighted by molar-refractivity contribution is 6.33. The molecular weight excluding hydrogens is 657 g/mol. The maximum absolute atomic E-state index is 14.3. The van der Waals surface area contributed by atoms with Gasteiger partial charge in [0.1, 0.15) is 17.7 Å². The Bertz CT molecular complexity index is 1870. The number of nitrogens with zero attached hydrogens (tertiary/aromatic N) is 5. The zero-order chi connectivity index (χ0) is 34.6. The molecule has 2 amide bonds. The second kappa shape index (κ2) is 12.5. The molecule has 6 rings (SSSR count). The quantitative estimate of drug-likeness (QED) is 0.396. The molecule has 3 aliphatic heterocycles. The summed E-state index contributed by atoms with van der Waals surface area (Å²) in [5.41, 5.74) is -1.51. The number of carbonyl (C=O) groups is 2. The van der Waals surface area contributed by atoms with Gasteiger partial charge < -0.3 is 29.0 Å². The Hall–Kier alpha value is -3.95. The molecule has 3 aliphatic rings. The number of hydrogen-bond donors (Lipinski definition) is 1. The number of benzene rings is 1. The van der Waals surface area contributed by atoms with Crippen molar-refractivity contribution in [2.75, 3.05) is 31.7 Å². The summed E-state index contributed by atoms with van der Waals surface area (Å²) in [7, 11) is 0. The van der Waals surface area contributed by atoms with Gasteiger partial charge in [0.15, 0.2) is 5.82 Å². The van der Waals surface area contributed by atoms with E-state index < -0.39 is 40.5 Å². The predicted molar refractivity (Wildman–Crippen MR) is 169 cm³/mol. The summed E-state index contributed by atoms with van der Waals surface area (Å²) in [6.45, 7) is 8.21. The largest absolute Gasteiger partial charge is 0.444 e. The number of hydrogen-bond acceptors (Lipinski definition) is 8. The average Bonchev–Trinajstić information content (AvgIpc) is 3.45. The molecule has 16 heteroatoms. The molecule has 1 spiro atoms. The lowest BCUT2D eigenvalue weighted by Crippen LogP contribution is -2.55. The van der Waals surface area contributed by atoms with E-state index in [2.05, 4.69) is 15.4 Å². The first kappa shape index (κ1) is 33.9. The average molecular weight is 693 g/mol. The van der Waals surface area contributed by atoms with E-state index in [9.17, 15) is 27.6 Å². The molecule has 0 bridgehead atoms. The van der Waals surface area contributed by atoms with E-state index in [0.29, 0.717) is 43.1 Å². The molecule has 2 unspecified atom stereocenters. The number of carbonyl (C=O) groups excluding carboxylic acids is 2. The summed E-state index contributed by atoms with van der Waals surface area (Å²) in [5, 5.41) is 6.89. The first-order chi connectivity index (χ1) is 22.6. The minimum absolute atomic E-state index is 0.00161. The van der Waals surface area contributed by atoms with Crippen LogP contribution >= 0.6 is 11.6 Å². The van der Waals surface area contributed by atoms with Gasteiger partial charge in [-0.15, -0.1) is 5.10 Å². The number of anilines is 1. The van der Waals surface area contributed by atoms with E-state index in [-0.39, 0.29) is 55.1 Å². The highest BCUT2D eigenvalue weighted by atomic mass is 35.5. The molecule has 0 radical (unpaired) electrons. The molecule has 2 atom stereocenters. The fourth-order valence-electron chi connectivity index (χ4n) is 6.55. The van der Waals surface area contributed by atoms with Crippen molar-refractivity contribution >= 4 is 40.6 Å². The molecule has 5 heterocycles. The number of alkyl halides is 3. The van der Waals surface area contributed by atoms with Crippen molar-refractivity contribution in [3.8, 4) is 0 Å². The lowest BCUT2D eigenvalue weighted by Gasteiger charge is -2.47. The van der Waals surface area contributed by atoms with Crippen LogP contribution in [-0.2, 0) is 43.7 Å². The number of rotatable bonds is 4. The zero-order valence-electron chi connectivity index (χ0n) is 26.9. The number of likely N-dealkylation sites (tertiary alicyclic amines) is 1. The summed E-state index contributed by atoms with van der Waals surface area (Å²) >= 11 is 6.12. The molecule has 12 nitrogen and oxygen atoms in total. The second-order valence-corrected chi connectivity index (χ2v) is 13.6. The summed E-state index contributed by atoms with van der Waals surface area (Å²) in [6, 6.07) is 2.32. The van der Waals surface area contributed by atoms with E-state index in [1.807, 2.05) is 13.0 Å². The van der Waals surface area contributed by atoms with E-state index >= 15 is 0 Å². The number of ether oxygens (including phenoxy) is 3. The lowest BCUT2D eigenvalue weighted by molar-refractivity contribution is -0.137. The van der Waals surface area contributed by atoms with Crippen molar-refractivity contribution in [1.82, 2.24) is 24.1 Å². The third-order valence-electron chi connectivity index (χ3n) is 8.69. The first-order valence-corrected chi connectivity index (χ1v) is 16.0. The molecule has 0 aliphatic carbocycles. The Balaban J connectivity index is 1.40. The molecule has 48 heavy (non-hydrogen) atoms. The fraction of sp³-hybridized carbons (Fsp3) is 0.531. The molecule has 1 aromatic carbocycles. The van der Waals surface area contributed by atoms with Crippen LogP contribution in [0.15, 0.2) is 29.1 Å². The fourth-order valence-corrected chi connectivity index (χ4v) is 6.78. The van der Waals surface area contributed by atoms with Crippen LogP contribution < -0.4 is 10.9 Å². The highest BCUT2D eigenvalue weighted by Crippen LogP contribution is 2.43. The maximum Gasteiger partial charge on any atom is 0.416 e. The van der Waals surface area contributed by atoms with Crippen molar-refractivity contribution in [1.29, 1.82) is 0 Å². The minimum atomic E-state index is -4.60. The van der Waals surface area contributed by atoms with Crippen LogP contribution in [0.1, 0.15) is 69.6 Å². The van der Waals surface area contributed by atoms with Crippen LogP contribution in [0.4, 0.5) is 23.7 Å². The van der Waals surface area contributed by atoms with Crippen LogP contribution in [0.2, 0.25) is 5.02 Å². The zero-order valence-corrected chi connectivity index (χ0v) is 27.7. The third-order valence-corrected chi connectivity index (χ3v) is 9.00. The Morgan fingerprint density at radius 1 is 1.19 bits per heavy atom. The number of nitrogens with one attached hydrogen (secondary N) is 1. The lowest BCUT2D eigenvalue weighted by atomic mass is 9.79. The van der Waals surface area contributed by atoms with Crippen LogP contribution in [0, 0.1) is 0 Å². The standard InChI is InChI=1S/C32H36ClF3N6O6/c1-18-16-31(10-11-40(18)29(45)48-30(2,3)4)25-23(9-14-47-31)41(17-24(43)37-22-6-5-20(15-21(22)33)32(34,35)36)28-38-26(39-42(28)27(25)44)19-7-12-46-13-8-19/h5-7,15,18H,8-14,16-17H2,1-4H3,(H,37,43). The van der Waals surface area contributed by atoms with E-state index in [1.165, 1.54) is 4.52 Å². The van der Waals surface area contributed by atoms with Gasteiger partial charge in [0.25, 0.3) is 5.56 Å². The Morgan fingerprint density at radius 2 is 1.96 bits per heavy atom. The highest BCUT2D eigenvalue weighted by Gasteiger charge is 2.48. The summed E-state index contributed by atoms with van der Waals surface area (Å²) in [4.78, 5) is 47.2. The van der Waals surface area contributed by atoms with Gasteiger partial charge in [-0.25, -0.2) is 4.79 Å². The number of amides is 2. The first-order valence-electron chi connectivity index (χ1n) is 15.7. The van der Waals surface area contributed by atoms with Gasteiger partial charge in [-0.1, -0.05) is 17.7 Å². The smallest absolute Gasteiger partial charge is 0.416 e. The maximum atomic E-state index is 14.3. The van der Waals surface area contributed by atoms with Crippen molar-refractivity contribution in [3.05, 3.63) is 62.3 Å². The summed E-state index contributed by atoms with van der Waals surface area (Å²) < 4.78 is 59.8. The van der Waals surface area contributed by atoms with Gasteiger partial charge in [-0.3, -0.25) is 9.59 Å². The van der Waals surface area contributed by atoms with E-state index in [1.54, 1.807) is 30.2 Å². The van der Waals surface area contributed by atoms with Gasteiger partial charge >= 0.3 is 12.3 Å². The normalized spacial score (nSPS) is 21.6. The van der Waals surface area contributed by atoms with E-state index in [4.69, 9.17) is 25.8 Å². The number of fused-ring (bicyclic) bond motifs is 3. The van der Waals surface area contributed by atoms with Crippen molar-refractivity contribution in [2.45, 2.75) is 83.3 Å². The number of halogens is 4. The molecule has 2 aromatic heterocycles. The molecular formula is C32H36ClF3N6O6. The Morgan fingerprint density at radius 3 is 2.60 bits per heavy atom. The third kappa shape index (κ3) is 6.54. The van der Waals surface area contributed by atoms with E-state index in [0.717, 1.165) is 23.8 Å². The second-order valence-electron chi connectivity index (χ2n) is 13.2. The molecule has 1 saturated heterocycles. The van der Waals surface area contributed by atoms with Gasteiger partial charge in [0, 0.05) is 31.1 Å². The van der Waals surface area contributed by atoms with Gasteiger partial charge in [0.2, 0.25) is 11.7 Å². The Kier molecular flexibility index (Phi) is 8.83. The van der Waals surface area contributed by atoms with Crippen molar-refractivity contribution < 1.29 is 37.0 Å². The van der Waals surface area contributed by atoms with Crippen LogP contribution in [-0.4, -0.2) is 74.1 Å². The molecule has 258 valence electrons. The van der Waals surface area contributed by atoms with Gasteiger partial charge in [0.05, 0.1) is 41.7 Å². The van der Waals surface area contributed by atoms with Crippen molar-refractivity contribution in [2.24, 2.45) is 0 Å². The van der Waals surface area contributed by atoms with Gasteiger partial charge in [-0.2, -0.15) is 22.7 Å². The van der Waals surface area contributed by atoms with Crippen molar-refractivity contribution in [3.63, 3.8) is 0 Å². The topological polar surface area (TPSA) is 129 Å². The molecule has 1 fully saturated rings. The molecule has 0 saturated carbocycles. The Labute approximate surface area is 278 Å². The van der Waals surface area contributed by atoms with Crippen LogP contribution in [0.5, 0.6) is 0 Å². The number of piperidine rings is 1. The van der Waals surface area contributed by atoms with Crippen LogP contribution in [0.25, 0.3) is 11.4 Å². The minimum Gasteiger partial charge on any atom is -0.444 e. The molecule has 1 N–H and O–H groups in total. The summed E-state index contributed by atoms with van der Waals surface area (Å²) in [6.07, 6.45) is -1.83. The monoisotopic (exact) mass is 692 g/mol. The SMILES string of the molecule is CC1CC2(CCN1C(=O)OC(C)(C)C)OCCc1c2c(=O)n2nc(C3=CCOCC3)nc2n1CC(=O)Nc1ccc(C(F)(F)F)cc1Cl. The summed E-state index contributed by atoms with van der Waals surface area (Å²) in [5.74, 6) is -0.153. The van der Waals surface area contributed by atoms with Gasteiger partial charge in [-0.05, 0) is 64.3 Å². The van der Waals surface area contributed by atoms with Crippen LogP contribution in [0.3, 0.4) is 0 Å². The molecule has 3 aromatic rings.